The molecular formula is C17H18ClF3N4. The topological polar surface area (TPSA) is 49.8 Å². The van der Waals surface area contributed by atoms with Crippen LogP contribution in [-0.2, 0) is 6.18 Å². The molecule has 0 saturated heterocycles. The molecule has 0 aliphatic heterocycles. The lowest BCUT2D eigenvalue weighted by Gasteiger charge is -2.14. The van der Waals surface area contributed by atoms with Gasteiger partial charge in [-0.15, -0.1) is 0 Å². The minimum absolute atomic E-state index is 0.148. The molecule has 1 aliphatic rings. The molecule has 1 aliphatic carbocycles. The molecule has 1 fully saturated rings. The SMILES string of the molecule is CC(C)Nc1nc(Nc2ccc(Cl)c(C(F)(F)F)c2)cc(C2CC2)n1. The molecule has 2 N–H and O–H groups in total. The highest BCUT2D eigenvalue weighted by molar-refractivity contribution is 6.31. The molecule has 25 heavy (non-hydrogen) atoms. The average molecular weight is 371 g/mol. The first-order valence-electron chi connectivity index (χ1n) is 8.01. The summed E-state index contributed by atoms with van der Waals surface area (Å²) in [5, 5.41) is 5.73. The number of nitrogens with zero attached hydrogens (tertiary/aromatic N) is 2. The van der Waals surface area contributed by atoms with Crippen LogP contribution in [0.5, 0.6) is 0 Å². The van der Waals surface area contributed by atoms with Crippen LogP contribution in [0.25, 0.3) is 0 Å². The second-order valence-electron chi connectivity index (χ2n) is 6.39. The highest BCUT2D eigenvalue weighted by atomic mass is 35.5. The minimum Gasteiger partial charge on any atom is -0.352 e. The monoisotopic (exact) mass is 370 g/mol. The van der Waals surface area contributed by atoms with Crippen LogP contribution in [0, 0.1) is 0 Å². The summed E-state index contributed by atoms with van der Waals surface area (Å²) >= 11 is 5.66. The van der Waals surface area contributed by atoms with Crippen molar-refractivity contribution in [2.24, 2.45) is 0 Å². The fourth-order valence-corrected chi connectivity index (χ4v) is 2.63. The number of aromatic nitrogens is 2. The zero-order valence-electron chi connectivity index (χ0n) is 13.8. The van der Waals surface area contributed by atoms with Gasteiger partial charge in [0.2, 0.25) is 5.95 Å². The molecule has 0 amide bonds. The third kappa shape index (κ3) is 4.54. The van der Waals surface area contributed by atoms with Gasteiger partial charge in [0.05, 0.1) is 16.3 Å². The van der Waals surface area contributed by atoms with E-state index < -0.39 is 11.7 Å². The van der Waals surface area contributed by atoms with E-state index in [1.165, 1.54) is 12.1 Å². The Bertz CT molecular complexity index is 773. The summed E-state index contributed by atoms with van der Waals surface area (Å²) in [4.78, 5) is 8.83. The smallest absolute Gasteiger partial charge is 0.352 e. The van der Waals surface area contributed by atoms with Gasteiger partial charge in [-0.3, -0.25) is 0 Å². The summed E-state index contributed by atoms with van der Waals surface area (Å²) in [7, 11) is 0. The van der Waals surface area contributed by atoms with Crippen molar-refractivity contribution in [1.82, 2.24) is 9.97 Å². The predicted octanol–water partition coefficient (Wildman–Crippen LogP) is 5.59. The highest BCUT2D eigenvalue weighted by Gasteiger charge is 2.33. The molecular weight excluding hydrogens is 353 g/mol. The number of nitrogens with one attached hydrogen (secondary N) is 2. The van der Waals surface area contributed by atoms with E-state index in [0.717, 1.165) is 24.6 Å². The lowest BCUT2D eigenvalue weighted by atomic mass is 10.2. The third-order valence-corrected chi connectivity index (χ3v) is 4.03. The summed E-state index contributed by atoms with van der Waals surface area (Å²) < 4.78 is 39.0. The molecule has 0 bridgehead atoms. The van der Waals surface area contributed by atoms with Gasteiger partial charge >= 0.3 is 6.18 Å². The van der Waals surface area contributed by atoms with Gasteiger partial charge < -0.3 is 10.6 Å². The average Bonchev–Trinajstić information content (AvgIpc) is 3.32. The Hall–Kier alpha value is -2.02. The van der Waals surface area contributed by atoms with Gasteiger partial charge in [-0.2, -0.15) is 18.2 Å². The summed E-state index contributed by atoms with van der Waals surface area (Å²) in [5.74, 6) is 1.31. The van der Waals surface area contributed by atoms with Crippen LogP contribution in [0.4, 0.5) is 30.6 Å². The molecule has 0 unspecified atom stereocenters. The lowest BCUT2D eigenvalue weighted by molar-refractivity contribution is -0.137. The normalized spacial score (nSPS) is 14.7. The molecule has 1 saturated carbocycles. The van der Waals surface area contributed by atoms with E-state index in [-0.39, 0.29) is 16.8 Å². The molecule has 1 aromatic carbocycles. The highest BCUT2D eigenvalue weighted by Crippen LogP contribution is 2.40. The van der Waals surface area contributed by atoms with E-state index in [0.29, 0.717) is 17.7 Å². The van der Waals surface area contributed by atoms with Crippen LogP contribution in [-0.4, -0.2) is 16.0 Å². The molecule has 0 radical (unpaired) electrons. The lowest BCUT2D eigenvalue weighted by Crippen LogP contribution is -2.14. The first kappa shape index (κ1) is 17.8. The molecule has 8 heteroatoms. The molecule has 0 atom stereocenters. The zero-order chi connectivity index (χ0) is 18.2. The van der Waals surface area contributed by atoms with Crippen LogP contribution < -0.4 is 10.6 Å². The fourth-order valence-electron chi connectivity index (χ4n) is 2.41. The van der Waals surface area contributed by atoms with Crippen LogP contribution in [0.1, 0.15) is 43.9 Å². The molecule has 134 valence electrons. The number of anilines is 3. The standard InChI is InChI=1S/C17H18ClF3N4/c1-9(2)22-16-24-14(10-3-4-10)8-15(25-16)23-11-5-6-13(18)12(7-11)17(19,20)21/h5-10H,3-4H2,1-2H3,(H2,22,23,24,25). The quantitative estimate of drug-likeness (QED) is 0.720. The van der Waals surface area contributed by atoms with E-state index >= 15 is 0 Å². The number of hydrogen-bond donors (Lipinski definition) is 2. The fraction of sp³-hybridized carbons (Fsp3) is 0.412. The Balaban J connectivity index is 1.90. The van der Waals surface area contributed by atoms with Crippen molar-refractivity contribution >= 4 is 29.1 Å². The summed E-state index contributed by atoms with van der Waals surface area (Å²) in [6.45, 7) is 3.93. The van der Waals surface area contributed by atoms with Gasteiger partial charge in [-0.25, -0.2) is 4.98 Å². The number of benzene rings is 1. The van der Waals surface area contributed by atoms with Crippen LogP contribution >= 0.6 is 11.6 Å². The van der Waals surface area contributed by atoms with Gasteiger partial charge in [0.1, 0.15) is 5.82 Å². The predicted molar refractivity (Wildman–Crippen MR) is 92.5 cm³/mol. The Morgan fingerprint density at radius 2 is 1.88 bits per heavy atom. The van der Waals surface area contributed by atoms with Crippen molar-refractivity contribution < 1.29 is 13.2 Å². The molecule has 1 aromatic heterocycles. The second-order valence-corrected chi connectivity index (χ2v) is 6.80. The molecule has 3 rings (SSSR count). The van der Waals surface area contributed by atoms with Gasteiger partial charge in [-0.1, -0.05) is 11.6 Å². The van der Waals surface area contributed by atoms with Crippen molar-refractivity contribution in [3.8, 4) is 0 Å². The molecule has 0 spiro atoms. The molecule has 4 nitrogen and oxygen atoms in total. The number of halogens is 4. The maximum atomic E-state index is 13.0. The van der Waals surface area contributed by atoms with Crippen molar-refractivity contribution in [1.29, 1.82) is 0 Å². The first-order chi connectivity index (χ1) is 11.7. The summed E-state index contributed by atoms with van der Waals surface area (Å²) in [6.07, 6.45) is -2.38. The number of rotatable bonds is 5. The van der Waals surface area contributed by atoms with Crippen LogP contribution in [0.3, 0.4) is 0 Å². The Kier molecular flexibility index (Phi) is 4.77. The largest absolute Gasteiger partial charge is 0.417 e. The van der Waals surface area contributed by atoms with E-state index in [1.54, 1.807) is 6.07 Å². The zero-order valence-corrected chi connectivity index (χ0v) is 14.5. The Labute approximate surface area is 148 Å². The van der Waals surface area contributed by atoms with Crippen molar-refractivity contribution in [2.45, 2.75) is 44.8 Å². The molecule has 1 heterocycles. The van der Waals surface area contributed by atoms with E-state index in [1.807, 2.05) is 13.8 Å². The van der Waals surface area contributed by atoms with Crippen LogP contribution in [0.15, 0.2) is 24.3 Å². The van der Waals surface area contributed by atoms with E-state index in [2.05, 4.69) is 20.6 Å². The van der Waals surface area contributed by atoms with Gasteiger partial charge in [0, 0.05) is 23.7 Å². The van der Waals surface area contributed by atoms with Crippen molar-refractivity contribution in [3.63, 3.8) is 0 Å². The van der Waals surface area contributed by atoms with Gasteiger partial charge in [0.25, 0.3) is 0 Å². The maximum Gasteiger partial charge on any atom is 0.417 e. The summed E-state index contributed by atoms with van der Waals surface area (Å²) in [5.41, 5.74) is 0.287. The van der Waals surface area contributed by atoms with E-state index in [4.69, 9.17) is 11.6 Å². The Morgan fingerprint density at radius 3 is 2.48 bits per heavy atom. The van der Waals surface area contributed by atoms with E-state index in [9.17, 15) is 13.2 Å². The summed E-state index contributed by atoms with van der Waals surface area (Å²) in [6, 6.07) is 5.63. The Morgan fingerprint density at radius 1 is 1.16 bits per heavy atom. The van der Waals surface area contributed by atoms with Crippen molar-refractivity contribution in [3.05, 3.63) is 40.5 Å². The minimum atomic E-state index is -4.51. The third-order valence-electron chi connectivity index (χ3n) is 3.70. The number of hydrogen-bond acceptors (Lipinski definition) is 4. The first-order valence-corrected chi connectivity index (χ1v) is 8.39. The van der Waals surface area contributed by atoms with Gasteiger partial charge in [0.15, 0.2) is 0 Å². The molecule has 2 aromatic rings. The second kappa shape index (κ2) is 6.71. The van der Waals surface area contributed by atoms with Crippen molar-refractivity contribution in [2.75, 3.05) is 10.6 Å². The maximum absolute atomic E-state index is 13.0. The van der Waals surface area contributed by atoms with Gasteiger partial charge in [-0.05, 0) is 44.9 Å². The number of alkyl halides is 3. The van der Waals surface area contributed by atoms with Crippen LogP contribution in [0.2, 0.25) is 5.02 Å².